The molecule has 0 aliphatic heterocycles. The van der Waals surface area contributed by atoms with E-state index in [2.05, 4.69) is 34.5 Å². The van der Waals surface area contributed by atoms with Crippen LogP contribution in [-0.2, 0) is 18.1 Å². The second kappa shape index (κ2) is 21.7. The van der Waals surface area contributed by atoms with Gasteiger partial charge in [-0.1, -0.05) is 34.1 Å². The van der Waals surface area contributed by atoms with Gasteiger partial charge < -0.3 is 29.9 Å². The Balaban J connectivity index is 0.00000174. The van der Waals surface area contributed by atoms with E-state index in [-0.39, 0.29) is 11.9 Å². The van der Waals surface area contributed by atoms with Gasteiger partial charge in [0.25, 0.3) is 0 Å². The van der Waals surface area contributed by atoms with Crippen molar-refractivity contribution in [2.45, 2.75) is 107 Å². The Labute approximate surface area is 261 Å². The Morgan fingerprint density at radius 3 is 2.09 bits per heavy atom. The highest BCUT2D eigenvalue weighted by Gasteiger charge is 2.31. The van der Waals surface area contributed by atoms with E-state index in [0.717, 1.165) is 37.1 Å². The molecule has 1 saturated carbocycles. The van der Waals surface area contributed by atoms with Crippen molar-refractivity contribution in [1.82, 2.24) is 9.97 Å². The molecule has 10 nitrogen and oxygen atoms in total. The van der Waals surface area contributed by atoms with Crippen molar-refractivity contribution in [3.8, 4) is 0 Å². The first kappa shape index (κ1) is 39.1. The van der Waals surface area contributed by atoms with Gasteiger partial charge in [0, 0.05) is 29.3 Å². The number of rotatable bonds is 14. The standard InChI is InChI=1S/C26H42N6O4P2.C3H8.C2H6/c1-6-28-24-19(5)29-26(31-22-12-10-20(27)11-13-22)32-25(24)30-21-14-16-23(17-15-21)38(33,36-9-4)18-37(34-7-2)35-8-3;1-3-2;1-2/h6,14-17,20,22H,7-13,18,27H2,1-5H3,(H2,29,30,31,32);3H2,1-2H3;1-2H3. The number of aryl methyl sites for hydroxylation is 1. The fraction of sp³-hybridized carbons (Fsp3) is 0.645. The van der Waals surface area contributed by atoms with Gasteiger partial charge in [0.1, 0.15) is 5.69 Å². The first-order chi connectivity index (χ1) is 20.7. The number of nitrogens with one attached hydrogen (secondary N) is 2. The number of nitrogens with zero attached hydrogens (tertiary/aromatic N) is 3. The molecule has 0 bridgehead atoms. The van der Waals surface area contributed by atoms with Crippen molar-refractivity contribution in [2.75, 3.05) is 36.4 Å². The maximum atomic E-state index is 13.8. The van der Waals surface area contributed by atoms with E-state index in [4.69, 9.17) is 24.3 Å². The summed E-state index contributed by atoms with van der Waals surface area (Å²) in [5, 5.41) is 7.47. The number of aromatic nitrogens is 2. The normalized spacial score (nSPS) is 17.8. The van der Waals surface area contributed by atoms with Gasteiger partial charge in [-0.15, -0.1) is 0 Å². The zero-order chi connectivity index (χ0) is 32.3. The highest BCUT2D eigenvalue weighted by atomic mass is 31.2. The minimum Gasteiger partial charge on any atom is -0.351 e. The molecule has 1 aromatic carbocycles. The van der Waals surface area contributed by atoms with Gasteiger partial charge in [-0.25, -0.2) is 4.98 Å². The summed E-state index contributed by atoms with van der Waals surface area (Å²) in [6.45, 7) is 19.0. The first-order valence-electron chi connectivity index (χ1n) is 15.8. The number of hydrogen-bond donors (Lipinski definition) is 3. The molecule has 0 amide bonds. The second-order valence-electron chi connectivity index (χ2n) is 9.75. The van der Waals surface area contributed by atoms with Crippen LogP contribution in [0.25, 0.3) is 0 Å². The van der Waals surface area contributed by atoms with Gasteiger partial charge in [-0.05, 0) is 84.6 Å². The van der Waals surface area contributed by atoms with Crippen LogP contribution in [-0.4, -0.2) is 54.0 Å². The largest absolute Gasteiger partial charge is 0.351 e. The molecular weight excluding hydrogens is 582 g/mol. The zero-order valence-corrected chi connectivity index (χ0v) is 29.6. The number of aliphatic imine (C=N–C) groups is 1. The fourth-order valence-electron chi connectivity index (χ4n) is 4.32. The molecule has 43 heavy (non-hydrogen) atoms. The van der Waals surface area contributed by atoms with Gasteiger partial charge in [0.2, 0.25) is 13.3 Å². The van der Waals surface area contributed by atoms with Gasteiger partial charge >= 0.3 is 0 Å². The van der Waals surface area contributed by atoms with Gasteiger partial charge in [-0.3, -0.25) is 9.56 Å². The SMILES string of the molecule is CC.CC=Nc1c(C)nc(NC2CCC(N)CC2)nc1Nc1ccc(P(=O)(CP(OCC)OCC)OCC)cc1.CCC. The number of anilines is 3. The minimum atomic E-state index is -3.17. The fourth-order valence-corrected chi connectivity index (χ4v) is 8.99. The van der Waals surface area contributed by atoms with Crippen LogP contribution < -0.4 is 21.7 Å². The molecule has 0 saturated heterocycles. The van der Waals surface area contributed by atoms with Gasteiger partial charge in [0.05, 0.1) is 31.4 Å². The molecule has 1 aromatic heterocycles. The molecule has 0 spiro atoms. The van der Waals surface area contributed by atoms with Gasteiger partial charge in [-0.2, -0.15) is 4.98 Å². The Kier molecular flexibility index (Phi) is 19.7. The highest BCUT2D eigenvalue weighted by molar-refractivity contribution is 7.76. The minimum absolute atomic E-state index is 0.214. The van der Waals surface area contributed by atoms with E-state index in [9.17, 15) is 4.57 Å². The molecular formula is C31H56N6O4P2. The van der Waals surface area contributed by atoms with Crippen molar-refractivity contribution in [2.24, 2.45) is 10.7 Å². The summed E-state index contributed by atoms with van der Waals surface area (Å²) in [5.74, 6) is 1.38. The monoisotopic (exact) mass is 638 g/mol. The van der Waals surface area contributed by atoms with Crippen LogP contribution in [0, 0.1) is 6.92 Å². The van der Waals surface area contributed by atoms with E-state index in [1.165, 1.54) is 6.42 Å². The lowest BCUT2D eigenvalue weighted by Gasteiger charge is -2.27. The average molecular weight is 639 g/mol. The smallest absolute Gasteiger partial charge is 0.240 e. The second-order valence-corrected chi connectivity index (χ2v) is 14.2. The molecule has 2 aromatic rings. The van der Waals surface area contributed by atoms with Crippen molar-refractivity contribution in [3.05, 3.63) is 30.0 Å². The predicted octanol–water partition coefficient (Wildman–Crippen LogP) is 8.66. The first-order valence-corrected chi connectivity index (χ1v) is 18.9. The van der Waals surface area contributed by atoms with Crippen LogP contribution in [0.4, 0.5) is 23.1 Å². The van der Waals surface area contributed by atoms with Gasteiger partial charge in [0.15, 0.2) is 14.2 Å². The van der Waals surface area contributed by atoms with E-state index in [1.54, 1.807) is 6.21 Å². The lowest BCUT2D eigenvalue weighted by atomic mass is 9.92. The third-order valence-electron chi connectivity index (χ3n) is 6.13. The van der Waals surface area contributed by atoms with E-state index >= 15 is 0 Å². The van der Waals surface area contributed by atoms with Crippen molar-refractivity contribution in [1.29, 1.82) is 0 Å². The van der Waals surface area contributed by atoms with E-state index in [1.807, 2.05) is 72.7 Å². The van der Waals surface area contributed by atoms with Crippen LogP contribution in [0.3, 0.4) is 0 Å². The average Bonchev–Trinajstić information content (AvgIpc) is 2.98. The van der Waals surface area contributed by atoms with Crippen LogP contribution >= 0.6 is 15.7 Å². The summed E-state index contributed by atoms with van der Waals surface area (Å²) < 4.78 is 31.0. The summed E-state index contributed by atoms with van der Waals surface area (Å²) >= 11 is 0. The maximum Gasteiger partial charge on any atom is 0.240 e. The van der Waals surface area contributed by atoms with Crippen molar-refractivity contribution < 1.29 is 18.1 Å². The molecule has 12 heteroatoms. The summed E-state index contributed by atoms with van der Waals surface area (Å²) in [7, 11) is -4.48. The Morgan fingerprint density at radius 2 is 1.58 bits per heavy atom. The number of nitrogens with two attached hydrogens (primary N) is 1. The van der Waals surface area contributed by atoms with Crippen LogP contribution in [0.5, 0.6) is 0 Å². The van der Waals surface area contributed by atoms with E-state index < -0.39 is 15.7 Å². The quantitative estimate of drug-likeness (QED) is 0.137. The summed E-state index contributed by atoms with van der Waals surface area (Å²) in [6.07, 6.45) is 6.96. The number of benzene rings is 1. The maximum absolute atomic E-state index is 13.8. The molecule has 1 unspecified atom stereocenters. The third-order valence-corrected chi connectivity index (χ3v) is 11.4. The lowest BCUT2D eigenvalue weighted by molar-refractivity contribution is 0.270. The van der Waals surface area contributed by atoms with Crippen molar-refractivity contribution in [3.63, 3.8) is 0 Å². The molecule has 4 N–H and O–H groups in total. The molecule has 3 rings (SSSR count). The van der Waals surface area contributed by atoms with Crippen LogP contribution in [0.15, 0.2) is 29.3 Å². The van der Waals surface area contributed by atoms with Crippen molar-refractivity contribution >= 4 is 50.4 Å². The molecule has 1 aliphatic rings. The molecule has 1 aliphatic carbocycles. The Hall–Kier alpha value is -1.93. The van der Waals surface area contributed by atoms with Crippen LogP contribution in [0.1, 0.15) is 93.2 Å². The molecule has 1 atom stereocenters. The van der Waals surface area contributed by atoms with E-state index in [0.29, 0.717) is 48.6 Å². The molecule has 1 fully saturated rings. The Morgan fingerprint density at radius 1 is 1.00 bits per heavy atom. The molecule has 244 valence electrons. The predicted molar refractivity (Wildman–Crippen MR) is 185 cm³/mol. The highest BCUT2D eigenvalue weighted by Crippen LogP contribution is 2.58. The third kappa shape index (κ3) is 13.3. The summed E-state index contributed by atoms with van der Waals surface area (Å²) in [6, 6.07) is 7.97. The zero-order valence-electron chi connectivity index (χ0n) is 27.9. The Bertz CT molecular complexity index is 1110. The summed E-state index contributed by atoms with van der Waals surface area (Å²) in [5.41, 5.74) is 8.29. The molecule has 0 radical (unpaired) electrons. The number of hydrogen-bond acceptors (Lipinski definition) is 10. The molecule has 1 heterocycles. The van der Waals surface area contributed by atoms with Crippen LogP contribution in [0.2, 0.25) is 0 Å². The summed E-state index contributed by atoms with van der Waals surface area (Å²) in [4.78, 5) is 13.9. The lowest BCUT2D eigenvalue weighted by Crippen LogP contribution is -2.33. The topological polar surface area (TPSA) is 133 Å².